The number of carboxylic acids is 1. The summed E-state index contributed by atoms with van der Waals surface area (Å²) in [6.07, 6.45) is 71.4. The van der Waals surface area contributed by atoms with Gasteiger partial charge in [0.25, 0.3) is 0 Å². The zero-order valence-corrected chi connectivity index (χ0v) is 47.2. The number of carbonyl (C=O) groups excluding carboxylic acids is 3. The van der Waals surface area contributed by atoms with Crippen molar-refractivity contribution in [3.05, 3.63) is 109 Å². The van der Waals surface area contributed by atoms with E-state index in [9.17, 15) is 19.5 Å². The van der Waals surface area contributed by atoms with Gasteiger partial charge in [-0.25, -0.2) is 0 Å². The summed E-state index contributed by atoms with van der Waals surface area (Å²) in [5.41, 5.74) is 0. The van der Waals surface area contributed by atoms with Gasteiger partial charge in [0.15, 0.2) is 12.4 Å². The van der Waals surface area contributed by atoms with Crippen LogP contribution in [0, 0.1) is 0 Å². The highest BCUT2D eigenvalue weighted by Gasteiger charge is 2.22. The van der Waals surface area contributed by atoms with E-state index in [2.05, 4.69) is 123 Å². The molecule has 0 spiro atoms. The first-order valence-corrected chi connectivity index (χ1v) is 29.0. The van der Waals surface area contributed by atoms with Gasteiger partial charge in [0.1, 0.15) is 13.2 Å². The van der Waals surface area contributed by atoms with E-state index in [1.165, 1.54) is 70.6 Å². The molecule has 0 aromatic heterocycles. The molecule has 2 atom stereocenters. The second-order valence-corrected chi connectivity index (χ2v) is 20.2. The lowest BCUT2D eigenvalue weighted by Crippen LogP contribution is -2.44. The van der Waals surface area contributed by atoms with Gasteiger partial charge in [-0.3, -0.25) is 9.59 Å². The van der Waals surface area contributed by atoms with Gasteiger partial charge in [0.05, 0.1) is 40.3 Å². The van der Waals surface area contributed by atoms with E-state index >= 15 is 0 Å². The van der Waals surface area contributed by atoms with Gasteiger partial charge in [-0.15, -0.1) is 0 Å². The van der Waals surface area contributed by atoms with Crippen LogP contribution in [-0.4, -0.2) is 82.3 Å². The fourth-order valence-electron chi connectivity index (χ4n) is 7.55. The number of likely N-dealkylation sites (N-methyl/N-ethyl adjacent to an activating group) is 1. The maximum atomic E-state index is 12.9. The Hall–Kier alpha value is -4.05. The van der Waals surface area contributed by atoms with Crippen molar-refractivity contribution in [1.29, 1.82) is 0 Å². The molecule has 0 aliphatic heterocycles. The van der Waals surface area contributed by atoms with E-state index < -0.39 is 24.3 Å². The Morgan fingerprint density at radius 3 is 1.16 bits per heavy atom. The predicted molar refractivity (Wildman–Crippen MR) is 306 cm³/mol. The van der Waals surface area contributed by atoms with Crippen molar-refractivity contribution < 1.29 is 42.9 Å². The Morgan fingerprint density at radius 1 is 0.425 bits per heavy atom. The van der Waals surface area contributed by atoms with Gasteiger partial charge in [-0.1, -0.05) is 213 Å². The summed E-state index contributed by atoms with van der Waals surface area (Å²) in [5, 5.41) is 11.8. The molecule has 0 amide bonds. The molecule has 0 aromatic rings. The molecule has 0 radical (unpaired) electrons. The number of carboxylic acid groups (broad SMARTS) is 1. The zero-order chi connectivity index (χ0) is 53.4. The minimum absolute atomic E-state index is 0.140. The van der Waals surface area contributed by atoms with Crippen LogP contribution in [0.15, 0.2) is 109 Å². The van der Waals surface area contributed by atoms with Crippen LogP contribution in [0.2, 0.25) is 0 Å². The third kappa shape index (κ3) is 55.5. The number of ether oxygens (including phenoxy) is 4. The second-order valence-electron chi connectivity index (χ2n) is 20.2. The largest absolute Gasteiger partial charge is 0.545 e. The van der Waals surface area contributed by atoms with Gasteiger partial charge < -0.3 is 33.3 Å². The van der Waals surface area contributed by atoms with Crippen LogP contribution in [0.3, 0.4) is 0 Å². The molecular weight excluding hydrogens is 911 g/mol. The summed E-state index contributed by atoms with van der Waals surface area (Å²) in [6, 6.07) is 0. The monoisotopic (exact) mass is 1020 g/mol. The molecule has 0 saturated carbocycles. The minimum Gasteiger partial charge on any atom is -0.545 e. The van der Waals surface area contributed by atoms with Crippen LogP contribution in [0.4, 0.5) is 0 Å². The van der Waals surface area contributed by atoms with E-state index in [0.29, 0.717) is 17.4 Å². The predicted octanol–water partition coefficient (Wildman–Crippen LogP) is 15.8. The Morgan fingerprint density at radius 2 is 0.781 bits per heavy atom. The number of hydrogen-bond acceptors (Lipinski definition) is 8. The minimum atomic E-state index is -1.63. The van der Waals surface area contributed by atoms with Crippen molar-refractivity contribution in [2.45, 2.75) is 232 Å². The lowest BCUT2D eigenvalue weighted by molar-refractivity contribution is -0.870. The van der Waals surface area contributed by atoms with Crippen molar-refractivity contribution in [2.75, 3.05) is 47.5 Å². The molecule has 416 valence electrons. The maximum Gasteiger partial charge on any atom is 0.306 e. The summed E-state index contributed by atoms with van der Waals surface area (Å²) in [7, 11) is 5.91. The molecular formula is C64H107NO8. The maximum absolute atomic E-state index is 12.9. The van der Waals surface area contributed by atoms with Crippen LogP contribution in [-0.2, 0) is 33.3 Å². The molecule has 0 saturated heterocycles. The summed E-state index contributed by atoms with van der Waals surface area (Å²) in [4.78, 5) is 37.2. The van der Waals surface area contributed by atoms with Gasteiger partial charge in [-0.2, -0.15) is 0 Å². The van der Waals surface area contributed by atoms with Gasteiger partial charge >= 0.3 is 11.9 Å². The van der Waals surface area contributed by atoms with Crippen molar-refractivity contribution >= 4 is 17.9 Å². The first-order chi connectivity index (χ1) is 35.6. The zero-order valence-electron chi connectivity index (χ0n) is 47.2. The van der Waals surface area contributed by atoms with Crippen molar-refractivity contribution in [1.82, 2.24) is 0 Å². The summed E-state index contributed by atoms with van der Waals surface area (Å²) >= 11 is 0. The van der Waals surface area contributed by atoms with Gasteiger partial charge in [0, 0.05) is 12.8 Å². The normalized spacial score (nSPS) is 13.6. The number of quaternary nitrogens is 1. The average molecular weight is 1020 g/mol. The number of hydrogen-bond donors (Lipinski definition) is 0. The average Bonchev–Trinajstić information content (AvgIpc) is 3.36. The Labute approximate surface area is 447 Å². The molecule has 0 N–H and O–H groups in total. The molecule has 0 aliphatic rings. The highest BCUT2D eigenvalue weighted by Crippen LogP contribution is 2.15. The lowest BCUT2D eigenvalue weighted by atomic mass is 10.0. The van der Waals surface area contributed by atoms with E-state index in [-0.39, 0.29) is 38.6 Å². The summed E-state index contributed by atoms with van der Waals surface area (Å²) in [6.45, 7) is 4.57. The molecule has 73 heavy (non-hydrogen) atoms. The van der Waals surface area contributed by atoms with Crippen LogP contribution in [0.25, 0.3) is 0 Å². The number of nitrogens with zero attached hydrogens (tertiary/aromatic N) is 1. The lowest BCUT2D eigenvalue weighted by Gasteiger charge is -2.26. The smallest absolute Gasteiger partial charge is 0.306 e. The molecule has 9 heteroatoms. The third-order valence-electron chi connectivity index (χ3n) is 12.0. The van der Waals surface area contributed by atoms with Gasteiger partial charge in [-0.05, 0) is 103 Å². The number of esters is 2. The quantitative estimate of drug-likeness (QED) is 0.0195. The molecule has 2 unspecified atom stereocenters. The standard InChI is InChI=1S/C64H107NO8/c1-6-8-10-12-14-16-18-20-22-23-24-25-26-27-28-29-30-31-32-33-34-35-36-37-38-39-41-43-45-47-49-51-53-55-62(67)73-60(59-72-64(63(68)69)70-57-56-65(3,4)5)58-71-61(66)54-52-50-48-46-44-42-40-21-19-17-15-13-11-9-7-2/h8,10,14-17,20-22,24-25,27-28,30-31,33-34,40,60,64H,6-7,9,11-13,18-19,23,26,29,32,35-39,41-59H2,1-5H3/b10-8-,16-14-,17-15-,22-20-,25-24-,28-27-,31-30-,34-33-,40-21-. The van der Waals surface area contributed by atoms with Crippen molar-refractivity contribution in [3.8, 4) is 0 Å². The van der Waals surface area contributed by atoms with Crippen LogP contribution < -0.4 is 5.11 Å². The van der Waals surface area contributed by atoms with Gasteiger partial charge in [0.2, 0.25) is 0 Å². The molecule has 0 bridgehead atoms. The SMILES string of the molecule is CC/C=C\C/C=C\C/C=C\C/C=C\C/C=C\C/C=C\C/C=C\CCCCCCCCCCCCCC(=O)OC(COC(=O)CCCCCCC/C=C\C/C=C\CCCCC)COC(OCC[N+](C)(C)C)C(=O)[O-]. The molecule has 0 rings (SSSR count). The number of unbranched alkanes of at least 4 members (excludes halogenated alkanes) is 19. The number of rotatable bonds is 52. The van der Waals surface area contributed by atoms with Crippen LogP contribution in [0.1, 0.15) is 219 Å². The van der Waals surface area contributed by atoms with E-state index in [1.807, 2.05) is 21.1 Å². The Kier molecular flexibility index (Phi) is 51.2. The fraction of sp³-hybridized carbons (Fsp3) is 0.672. The van der Waals surface area contributed by atoms with Crippen molar-refractivity contribution in [2.24, 2.45) is 0 Å². The second kappa shape index (κ2) is 54.2. The Balaban J connectivity index is 4.22. The molecule has 9 nitrogen and oxygen atoms in total. The number of aliphatic carboxylic acids is 1. The molecule has 0 aliphatic carbocycles. The highest BCUT2D eigenvalue weighted by molar-refractivity contribution is 5.70. The van der Waals surface area contributed by atoms with Crippen molar-refractivity contribution in [3.63, 3.8) is 0 Å². The summed E-state index contributed by atoms with van der Waals surface area (Å²) in [5.74, 6) is -2.31. The van der Waals surface area contributed by atoms with E-state index in [0.717, 1.165) is 116 Å². The van der Waals surface area contributed by atoms with E-state index in [1.54, 1.807) is 0 Å². The topological polar surface area (TPSA) is 111 Å². The third-order valence-corrected chi connectivity index (χ3v) is 12.0. The molecule has 0 aromatic carbocycles. The van der Waals surface area contributed by atoms with E-state index in [4.69, 9.17) is 18.9 Å². The Bertz CT molecular complexity index is 1560. The van der Waals surface area contributed by atoms with Crippen LogP contribution in [0.5, 0.6) is 0 Å². The molecule has 0 heterocycles. The first kappa shape index (κ1) is 69.0. The fourth-order valence-corrected chi connectivity index (χ4v) is 7.55. The summed E-state index contributed by atoms with van der Waals surface area (Å²) < 4.78 is 22.7. The van der Waals surface area contributed by atoms with Crippen LogP contribution >= 0.6 is 0 Å². The first-order valence-electron chi connectivity index (χ1n) is 29.0. The molecule has 0 fully saturated rings. The number of allylic oxidation sites excluding steroid dienone is 18. The number of carbonyl (C=O) groups is 3. The highest BCUT2D eigenvalue weighted by atomic mass is 16.7.